The quantitative estimate of drug-likeness (QED) is 0.117. The number of benzene rings is 1. The molecule has 178 valence electrons. The van der Waals surface area contributed by atoms with E-state index < -0.39 is 42.0 Å². The first kappa shape index (κ1) is 26.8. The molecule has 32 heavy (non-hydrogen) atoms. The highest BCUT2D eigenvalue weighted by molar-refractivity contribution is 6.33. The van der Waals surface area contributed by atoms with Crippen LogP contribution in [0.25, 0.3) is 5.70 Å². The van der Waals surface area contributed by atoms with Gasteiger partial charge in [0.1, 0.15) is 0 Å². The zero-order valence-corrected chi connectivity index (χ0v) is 16.5. The number of carbonyl (C=O) groups is 1. The summed E-state index contributed by atoms with van der Waals surface area (Å²) in [4.78, 5) is 11.1. The lowest BCUT2D eigenvalue weighted by atomic mass is 10.1. The highest BCUT2D eigenvalue weighted by Gasteiger charge is 2.62. The van der Waals surface area contributed by atoms with Gasteiger partial charge in [-0.05, 0) is 17.7 Å². The van der Waals surface area contributed by atoms with E-state index in [4.69, 9.17) is 33.7 Å². The van der Waals surface area contributed by atoms with Crippen LogP contribution in [0.1, 0.15) is 15.9 Å². The maximum atomic E-state index is 13.6. The molecule has 0 aliphatic rings. The number of carboxylic acids is 1. The average Bonchev–Trinajstić information content (AvgIpc) is 2.65. The number of hydrogen-bond acceptors (Lipinski definition) is 7. The van der Waals surface area contributed by atoms with Gasteiger partial charge in [-0.15, -0.1) is 0 Å². The molecule has 0 radical (unpaired) electrons. The van der Waals surface area contributed by atoms with Crippen LogP contribution in [0.3, 0.4) is 0 Å². The first-order valence-corrected chi connectivity index (χ1v) is 8.37. The van der Waals surface area contributed by atoms with Crippen molar-refractivity contribution in [3.63, 3.8) is 0 Å². The molecule has 0 heterocycles. The van der Waals surface area contributed by atoms with Crippen LogP contribution >= 0.6 is 11.6 Å². The number of carboxylic acid groups (broad SMARTS) is 1. The zero-order valence-electron chi connectivity index (χ0n) is 15.8. The molecule has 0 unspecified atom stereocenters. The third-order valence-corrected chi connectivity index (χ3v) is 3.95. The zero-order chi connectivity index (χ0) is 25.0. The van der Waals surface area contributed by atoms with Crippen molar-refractivity contribution in [2.45, 2.75) is 18.7 Å². The SMILES string of the molecule is CN/C(=C(/OC(F)F)C(=N)C(F)(F)C(F)(F)F)N(N)/C=C(\N)c1ccc(Cl)c(C(=O)O)c1. The van der Waals surface area contributed by atoms with Crippen LogP contribution in [0.2, 0.25) is 5.02 Å². The number of aromatic carboxylic acids is 1. The Morgan fingerprint density at radius 1 is 1.31 bits per heavy atom. The van der Waals surface area contributed by atoms with Crippen molar-refractivity contribution in [3.05, 3.63) is 52.1 Å². The predicted molar refractivity (Wildman–Crippen MR) is 98.5 cm³/mol. The second kappa shape index (κ2) is 9.95. The van der Waals surface area contributed by atoms with Crippen LogP contribution in [-0.4, -0.2) is 47.6 Å². The van der Waals surface area contributed by atoms with Gasteiger partial charge >= 0.3 is 24.7 Å². The monoisotopic (exact) mass is 493 g/mol. The summed E-state index contributed by atoms with van der Waals surface area (Å²) in [6.45, 7) is -3.90. The van der Waals surface area contributed by atoms with Crippen LogP contribution in [0.4, 0.5) is 30.7 Å². The molecule has 1 aromatic rings. The molecule has 0 atom stereocenters. The van der Waals surface area contributed by atoms with Gasteiger partial charge in [0.05, 0.1) is 16.3 Å². The Morgan fingerprint density at radius 2 is 1.88 bits per heavy atom. The van der Waals surface area contributed by atoms with Gasteiger partial charge in [0.25, 0.3) is 0 Å². The van der Waals surface area contributed by atoms with Crippen LogP contribution in [0.15, 0.2) is 36.0 Å². The minimum absolute atomic E-state index is 0.0373. The molecule has 1 rings (SSSR count). The van der Waals surface area contributed by atoms with Crippen LogP contribution in [0, 0.1) is 5.41 Å². The Hall–Kier alpha value is -3.20. The molecule has 0 saturated heterocycles. The lowest BCUT2D eigenvalue weighted by Crippen LogP contribution is -2.47. The van der Waals surface area contributed by atoms with Crippen molar-refractivity contribution >= 4 is 29.0 Å². The molecule has 0 saturated carbocycles. The minimum atomic E-state index is -6.30. The molecule has 0 spiro atoms. The first-order chi connectivity index (χ1) is 14.5. The summed E-state index contributed by atoms with van der Waals surface area (Å²) in [6.07, 6.45) is -5.64. The molecule has 16 heteroatoms. The van der Waals surface area contributed by atoms with Gasteiger partial charge < -0.3 is 20.9 Å². The fourth-order valence-electron chi connectivity index (χ4n) is 2.12. The van der Waals surface area contributed by atoms with Crippen molar-refractivity contribution in [2.24, 2.45) is 11.6 Å². The van der Waals surface area contributed by atoms with Gasteiger partial charge in [-0.25, -0.2) is 10.6 Å². The van der Waals surface area contributed by atoms with Crippen LogP contribution in [0.5, 0.6) is 0 Å². The van der Waals surface area contributed by atoms with Crippen molar-refractivity contribution in [1.29, 1.82) is 5.41 Å². The number of nitrogens with two attached hydrogens (primary N) is 2. The summed E-state index contributed by atoms with van der Waals surface area (Å²) in [7, 11) is 0.901. The molecule has 0 bridgehead atoms. The van der Waals surface area contributed by atoms with E-state index >= 15 is 0 Å². The van der Waals surface area contributed by atoms with E-state index in [1.165, 1.54) is 6.07 Å². The maximum Gasteiger partial charge on any atom is 0.459 e. The molecule has 8 nitrogen and oxygen atoms in total. The van der Waals surface area contributed by atoms with E-state index in [-0.39, 0.29) is 26.9 Å². The van der Waals surface area contributed by atoms with Gasteiger partial charge in [-0.3, -0.25) is 10.4 Å². The Morgan fingerprint density at radius 3 is 2.31 bits per heavy atom. The lowest BCUT2D eigenvalue weighted by molar-refractivity contribution is -0.250. The summed E-state index contributed by atoms with van der Waals surface area (Å²) in [5.41, 5.74) is 2.26. The molecular formula is C16H15ClF7N5O3. The molecule has 0 amide bonds. The number of allylic oxidation sites excluding steroid dienone is 1. The van der Waals surface area contributed by atoms with E-state index in [2.05, 4.69) is 4.74 Å². The lowest BCUT2D eigenvalue weighted by Gasteiger charge is -2.26. The Bertz CT molecular complexity index is 950. The number of alkyl halides is 7. The maximum absolute atomic E-state index is 13.6. The highest BCUT2D eigenvalue weighted by Crippen LogP contribution is 2.39. The van der Waals surface area contributed by atoms with Gasteiger partial charge in [0.2, 0.25) is 0 Å². The normalized spacial score (nSPS) is 13.5. The first-order valence-electron chi connectivity index (χ1n) is 7.99. The third kappa shape index (κ3) is 5.94. The summed E-state index contributed by atoms with van der Waals surface area (Å²) >= 11 is 5.71. The highest BCUT2D eigenvalue weighted by atomic mass is 35.5. The molecular weight excluding hydrogens is 479 g/mol. The fraction of sp³-hybridized carbons (Fsp3) is 0.250. The number of hydrogen-bond donors (Lipinski definition) is 5. The Kier molecular flexibility index (Phi) is 8.34. The number of nitrogens with zero attached hydrogens (tertiary/aromatic N) is 1. The second-order valence-corrected chi connectivity index (χ2v) is 6.15. The summed E-state index contributed by atoms with van der Waals surface area (Å²) in [5, 5.41) is 18.2. The summed E-state index contributed by atoms with van der Waals surface area (Å²) in [6, 6.07) is 3.35. The van der Waals surface area contributed by atoms with Gasteiger partial charge in [-0.2, -0.15) is 30.7 Å². The average molecular weight is 494 g/mol. The van der Waals surface area contributed by atoms with E-state index in [0.29, 0.717) is 6.20 Å². The van der Waals surface area contributed by atoms with Gasteiger partial charge in [0.15, 0.2) is 17.3 Å². The summed E-state index contributed by atoms with van der Waals surface area (Å²) in [5.74, 6) is -4.81. The van der Waals surface area contributed by atoms with E-state index in [1.54, 1.807) is 0 Å². The van der Waals surface area contributed by atoms with Gasteiger partial charge in [0, 0.05) is 13.2 Å². The number of nitrogens with one attached hydrogen (secondary N) is 2. The minimum Gasteiger partial charge on any atom is -0.478 e. The smallest absolute Gasteiger partial charge is 0.459 e. The third-order valence-electron chi connectivity index (χ3n) is 3.62. The molecule has 0 fully saturated rings. The van der Waals surface area contributed by atoms with Crippen molar-refractivity contribution in [1.82, 2.24) is 10.3 Å². The number of rotatable bonds is 9. The fourth-order valence-corrected chi connectivity index (χ4v) is 2.32. The largest absolute Gasteiger partial charge is 0.478 e. The van der Waals surface area contributed by atoms with Crippen LogP contribution < -0.4 is 16.9 Å². The van der Waals surface area contributed by atoms with E-state index in [0.717, 1.165) is 19.2 Å². The number of ether oxygens (including phenoxy) is 1. The standard InChI is InChI=1S/C16H15ClF7N5O3/c1-28-12(10(32-14(18)19)11(26)15(20,21)16(22,23)24)29(27)5-9(25)6-2-3-8(17)7(4-6)13(30)31/h2-5,14,26,28H,25,27H2,1H3,(H,30,31)/b9-5-,12-10-,26-11?. The number of halogens is 8. The predicted octanol–water partition coefficient (Wildman–Crippen LogP) is 3.32. The van der Waals surface area contributed by atoms with Crippen molar-refractivity contribution in [3.8, 4) is 0 Å². The van der Waals surface area contributed by atoms with Gasteiger partial charge in [-0.1, -0.05) is 17.7 Å². The second-order valence-electron chi connectivity index (χ2n) is 5.74. The van der Waals surface area contributed by atoms with Crippen molar-refractivity contribution in [2.75, 3.05) is 7.05 Å². The number of hydrazine groups is 1. The Balaban J connectivity index is 3.55. The topological polar surface area (TPSA) is 138 Å². The summed E-state index contributed by atoms with van der Waals surface area (Å²) < 4.78 is 94.1. The van der Waals surface area contributed by atoms with E-state index in [1.807, 2.05) is 5.32 Å². The van der Waals surface area contributed by atoms with Crippen LogP contribution in [-0.2, 0) is 4.74 Å². The molecule has 0 aliphatic heterocycles. The molecule has 0 aliphatic carbocycles. The Labute approximate surface area is 180 Å². The molecule has 7 N–H and O–H groups in total. The van der Waals surface area contributed by atoms with Crippen molar-refractivity contribution < 1.29 is 45.4 Å². The molecule has 0 aromatic heterocycles. The van der Waals surface area contributed by atoms with E-state index in [9.17, 15) is 35.5 Å². The molecule has 1 aromatic carbocycles.